The molecule has 82 valence electrons. The van der Waals surface area contributed by atoms with Crippen LogP contribution in [0.2, 0.25) is 0 Å². The maximum atomic E-state index is 11.5. The monoisotopic (exact) mass is 227 g/mol. The summed E-state index contributed by atoms with van der Waals surface area (Å²) in [7, 11) is 0. The molecule has 1 aliphatic heterocycles. The maximum Gasteiger partial charge on any atom is 0.346 e. The molecule has 1 aliphatic rings. The summed E-state index contributed by atoms with van der Waals surface area (Å²) in [4.78, 5) is 24.6. The van der Waals surface area contributed by atoms with E-state index in [0.717, 1.165) is 0 Å². The van der Waals surface area contributed by atoms with Gasteiger partial charge in [0.2, 0.25) is 5.91 Å². The number of carbonyl (C=O) groups excluding carboxylic acids is 2. The highest BCUT2D eigenvalue weighted by atomic mass is 32.2. The number of hydrogen-bond donors (Lipinski definition) is 0. The fraction of sp³-hybridized carbons (Fsp3) is 0.400. The van der Waals surface area contributed by atoms with Crippen LogP contribution in [0.5, 0.6) is 0 Å². The Morgan fingerprint density at radius 1 is 1.53 bits per heavy atom. The van der Waals surface area contributed by atoms with Crippen molar-refractivity contribution >= 4 is 23.6 Å². The van der Waals surface area contributed by atoms with Crippen LogP contribution < -0.4 is 0 Å². The molecule has 0 fully saturated rings. The zero-order valence-electron chi connectivity index (χ0n) is 8.94. The lowest BCUT2D eigenvalue weighted by atomic mass is 10.3. The van der Waals surface area contributed by atoms with Crippen molar-refractivity contribution in [3.8, 4) is 0 Å². The van der Waals surface area contributed by atoms with E-state index < -0.39 is 0 Å². The molecule has 5 heteroatoms. The Balaban J connectivity index is 2.92. The molecular formula is C10H13NO3S. The van der Waals surface area contributed by atoms with Crippen molar-refractivity contribution in [3.05, 3.63) is 22.2 Å². The number of carbonyl (C=O) groups is 2. The Morgan fingerprint density at radius 2 is 2.20 bits per heavy atom. The van der Waals surface area contributed by atoms with Gasteiger partial charge in [0.1, 0.15) is 4.91 Å². The molecule has 0 N–H and O–H groups in total. The van der Waals surface area contributed by atoms with E-state index in [1.54, 1.807) is 25.5 Å². The SMILES string of the molecule is CCOC(=O)C1=C(C)N(C(C)=O)C=CS1. The standard InChI is InChI=1S/C10H13NO3S/c1-4-14-10(13)9-7(2)11(8(3)12)5-6-15-9/h5-6H,4H2,1-3H3. The lowest BCUT2D eigenvalue weighted by Crippen LogP contribution is -2.25. The zero-order chi connectivity index (χ0) is 11.4. The second kappa shape index (κ2) is 5.02. The number of ether oxygens (including phenoxy) is 1. The molecule has 0 radical (unpaired) electrons. The molecule has 1 heterocycles. The van der Waals surface area contributed by atoms with E-state index in [0.29, 0.717) is 17.2 Å². The van der Waals surface area contributed by atoms with E-state index in [1.165, 1.54) is 23.6 Å². The predicted molar refractivity (Wildman–Crippen MR) is 58.6 cm³/mol. The summed E-state index contributed by atoms with van der Waals surface area (Å²) in [5.74, 6) is -0.499. The van der Waals surface area contributed by atoms with E-state index in [2.05, 4.69) is 0 Å². The first-order valence-electron chi connectivity index (χ1n) is 4.59. The van der Waals surface area contributed by atoms with E-state index in [-0.39, 0.29) is 11.9 Å². The largest absolute Gasteiger partial charge is 0.462 e. The molecular weight excluding hydrogens is 214 g/mol. The van der Waals surface area contributed by atoms with E-state index in [4.69, 9.17) is 4.74 Å². The molecule has 4 nitrogen and oxygen atoms in total. The number of allylic oxidation sites excluding steroid dienone is 1. The molecule has 0 unspecified atom stereocenters. The third kappa shape index (κ3) is 2.62. The van der Waals surface area contributed by atoms with Crippen molar-refractivity contribution in [1.29, 1.82) is 0 Å². The molecule has 0 aromatic rings. The van der Waals surface area contributed by atoms with E-state index in [9.17, 15) is 9.59 Å². The highest BCUT2D eigenvalue weighted by molar-refractivity contribution is 8.06. The van der Waals surface area contributed by atoms with Crippen LogP contribution in [0.15, 0.2) is 22.2 Å². The van der Waals surface area contributed by atoms with Gasteiger partial charge < -0.3 is 4.74 Å². The summed E-state index contributed by atoms with van der Waals surface area (Å²) in [5, 5.41) is 1.70. The molecule has 0 spiro atoms. The van der Waals surface area contributed by atoms with Crippen LogP contribution in [0.1, 0.15) is 20.8 Å². The molecule has 0 saturated heterocycles. The predicted octanol–water partition coefficient (Wildman–Crippen LogP) is 1.85. The van der Waals surface area contributed by atoms with Gasteiger partial charge in [-0.15, -0.1) is 0 Å². The summed E-state index contributed by atoms with van der Waals surface area (Å²) in [5.41, 5.74) is 0.619. The van der Waals surface area contributed by atoms with Crippen LogP contribution >= 0.6 is 11.8 Å². The van der Waals surface area contributed by atoms with E-state index in [1.807, 2.05) is 0 Å². The van der Waals surface area contributed by atoms with Crippen LogP contribution in [0.3, 0.4) is 0 Å². The Kier molecular flexibility index (Phi) is 3.96. The molecule has 0 aromatic heterocycles. The summed E-state index contributed by atoms with van der Waals surface area (Å²) >= 11 is 1.27. The van der Waals surface area contributed by atoms with Gasteiger partial charge in [-0.25, -0.2) is 4.79 Å². The zero-order valence-corrected chi connectivity index (χ0v) is 9.76. The fourth-order valence-electron chi connectivity index (χ4n) is 1.20. The summed E-state index contributed by atoms with van der Waals surface area (Å²) in [6.07, 6.45) is 1.64. The van der Waals surface area contributed by atoms with Crippen molar-refractivity contribution in [3.63, 3.8) is 0 Å². The lowest BCUT2D eigenvalue weighted by molar-refractivity contribution is -0.137. The number of esters is 1. The second-order valence-electron chi connectivity index (χ2n) is 2.93. The summed E-state index contributed by atoms with van der Waals surface area (Å²) in [6, 6.07) is 0. The molecule has 0 aromatic carbocycles. The third-order valence-electron chi connectivity index (χ3n) is 1.89. The molecule has 0 bridgehead atoms. The molecule has 1 amide bonds. The number of rotatable bonds is 2. The first-order chi connectivity index (χ1) is 7.07. The summed E-state index contributed by atoms with van der Waals surface area (Å²) < 4.78 is 4.89. The number of thioether (sulfide) groups is 1. The molecule has 0 atom stereocenters. The first kappa shape index (κ1) is 11.8. The van der Waals surface area contributed by atoms with Gasteiger partial charge in [0, 0.05) is 18.8 Å². The van der Waals surface area contributed by atoms with Gasteiger partial charge in [-0.05, 0) is 19.3 Å². The van der Waals surface area contributed by atoms with Crippen LogP contribution in [-0.4, -0.2) is 23.4 Å². The van der Waals surface area contributed by atoms with Crippen molar-refractivity contribution < 1.29 is 14.3 Å². The minimum Gasteiger partial charge on any atom is -0.462 e. The molecule has 0 aliphatic carbocycles. The molecule has 0 saturated carbocycles. The van der Waals surface area contributed by atoms with Crippen molar-refractivity contribution in [1.82, 2.24) is 4.90 Å². The van der Waals surface area contributed by atoms with Gasteiger partial charge >= 0.3 is 5.97 Å². The molecule has 1 rings (SSSR count). The van der Waals surface area contributed by atoms with Crippen molar-refractivity contribution in [2.45, 2.75) is 20.8 Å². The fourth-order valence-corrected chi connectivity index (χ4v) is 1.94. The molecule has 15 heavy (non-hydrogen) atoms. The normalized spacial score (nSPS) is 15.5. The van der Waals surface area contributed by atoms with Crippen LogP contribution in [0.4, 0.5) is 0 Å². The minimum absolute atomic E-state index is 0.120. The van der Waals surface area contributed by atoms with Gasteiger partial charge in [-0.3, -0.25) is 9.69 Å². The van der Waals surface area contributed by atoms with Gasteiger partial charge in [0.15, 0.2) is 0 Å². The average Bonchev–Trinajstić information content (AvgIpc) is 2.17. The Hall–Kier alpha value is -1.23. The van der Waals surface area contributed by atoms with Gasteiger partial charge in [0.05, 0.1) is 6.61 Å². The van der Waals surface area contributed by atoms with Gasteiger partial charge in [-0.2, -0.15) is 0 Å². The van der Waals surface area contributed by atoms with Crippen molar-refractivity contribution in [2.75, 3.05) is 6.61 Å². The minimum atomic E-state index is -0.379. The van der Waals surface area contributed by atoms with Gasteiger partial charge in [0.25, 0.3) is 0 Å². The third-order valence-corrected chi connectivity index (χ3v) is 2.84. The van der Waals surface area contributed by atoms with Crippen LogP contribution in [-0.2, 0) is 14.3 Å². The van der Waals surface area contributed by atoms with E-state index >= 15 is 0 Å². The highest BCUT2D eigenvalue weighted by Crippen LogP contribution is 2.29. The number of amides is 1. The highest BCUT2D eigenvalue weighted by Gasteiger charge is 2.22. The average molecular weight is 227 g/mol. The Bertz CT molecular complexity index is 347. The summed E-state index contributed by atoms with van der Waals surface area (Å²) in [6.45, 7) is 5.26. The second-order valence-corrected chi connectivity index (χ2v) is 3.84. The van der Waals surface area contributed by atoms with Crippen LogP contribution in [0.25, 0.3) is 0 Å². The maximum absolute atomic E-state index is 11.5. The number of hydrogen-bond acceptors (Lipinski definition) is 4. The Labute approximate surface area is 93.0 Å². The van der Waals surface area contributed by atoms with Crippen LogP contribution in [0, 0.1) is 0 Å². The van der Waals surface area contributed by atoms with Gasteiger partial charge in [-0.1, -0.05) is 11.8 Å². The smallest absolute Gasteiger partial charge is 0.346 e. The first-order valence-corrected chi connectivity index (χ1v) is 5.47. The number of nitrogens with zero attached hydrogens (tertiary/aromatic N) is 1. The lowest BCUT2D eigenvalue weighted by Gasteiger charge is -2.22. The topological polar surface area (TPSA) is 46.6 Å². The Morgan fingerprint density at radius 3 is 2.73 bits per heavy atom. The quantitative estimate of drug-likeness (QED) is 0.675. The van der Waals surface area contributed by atoms with Crippen molar-refractivity contribution in [2.24, 2.45) is 0 Å².